The minimum atomic E-state index is -1.98. The Morgan fingerprint density at radius 3 is 2.45 bits per heavy atom. The molecule has 8 nitrogen and oxygen atoms in total. The first kappa shape index (κ1) is 20.8. The van der Waals surface area contributed by atoms with E-state index in [1.165, 1.54) is 19.2 Å². The highest BCUT2D eigenvalue weighted by atomic mass is 16.7. The molecule has 0 amide bonds. The molecule has 1 saturated carbocycles. The Morgan fingerprint density at radius 2 is 1.90 bits per heavy atom. The second-order valence-electron chi connectivity index (χ2n) is 8.41. The molecule has 5 unspecified atom stereocenters. The Hall–Kier alpha value is -3.41. The number of nitrogens with one attached hydrogen (secondary N) is 1. The van der Waals surface area contributed by atoms with Gasteiger partial charge >= 0.3 is 5.97 Å². The van der Waals surface area contributed by atoms with Crippen LogP contribution in [0.5, 0.6) is 0 Å². The Labute approximate surface area is 180 Å². The molecule has 4 rings (SSSR count). The minimum Gasteiger partial charge on any atom is -0.465 e. The predicted molar refractivity (Wildman–Crippen MR) is 106 cm³/mol. The van der Waals surface area contributed by atoms with E-state index in [4.69, 9.17) is 19.6 Å². The van der Waals surface area contributed by atoms with Crippen LogP contribution in [0, 0.1) is 62.1 Å². The number of carbonyl (C=O) groups excluding carboxylic acids is 1. The number of hydrogen-bond donors (Lipinski definition) is 1. The maximum Gasteiger partial charge on any atom is 0.337 e. The highest BCUT2D eigenvalue weighted by Crippen LogP contribution is 2.70. The molecule has 0 aromatic heterocycles. The number of esters is 1. The van der Waals surface area contributed by atoms with E-state index >= 15 is 0 Å². The zero-order valence-electron chi connectivity index (χ0n) is 17.3. The number of benzene rings is 1. The van der Waals surface area contributed by atoms with E-state index in [0.717, 1.165) is 12.8 Å². The van der Waals surface area contributed by atoms with Crippen LogP contribution in [-0.4, -0.2) is 24.8 Å². The summed E-state index contributed by atoms with van der Waals surface area (Å²) < 4.78 is 17.0. The van der Waals surface area contributed by atoms with Gasteiger partial charge in [-0.25, -0.2) is 4.79 Å². The molecule has 2 saturated heterocycles. The summed E-state index contributed by atoms with van der Waals surface area (Å²) in [6.45, 7) is 2.06. The molecule has 5 atom stereocenters. The fourth-order valence-electron chi connectivity index (χ4n) is 5.50. The molecule has 158 valence electrons. The van der Waals surface area contributed by atoms with Crippen molar-refractivity contribution in [2.75, 3.05) is 7.11 Å². The molecule has 0 spiro atoms. The summed E-state index contributed by atoms with van der Waals surface area (Å²) in [4.78, 5) is 11.8. The van der Waals surface area contributed by atoms with Gasteiger partial charge in [-0.2, -0.15) is 15.8 Å². The lowest BCUT2D eigenvalue weighted by molar-refractivity contribution is -0.299. The van der Waals surface area contributed by atoms with Crippen LogP contribution in [0.25, 0.3) is 0 Å². The summed E-state index contributed by atoms with van der Waals surface area (Å²) >= 11 is 0. The molecule has 8 heteroatoms. The summed E-state index contributed by atoms with van der Waals surface area (Å²) in [7, 11) is 1.28. The van der Waals surface area contributed by atoms with E-state index in [9.17, 15) is 20.6 Å². The van der Waals surface area contributed by atoms with Gasteiger partial charge in [0.2, 0.25) is 17.1 Å². The third-order valence-corrected chi connectivity index (χ3v) is 7.23. The monoisotopic (exact) mass is 418 g/mol. The lowest BCUT2D eigenvalue weighted by atomic mass is 9.50. The number of nitriles is 3. The van der Waals surface area contributed by atoms with Crippen molar-refractivity contribution < 1.29 is 19.0 Å². The average molecular weight is 418 g/mol. The standard InChI is InChI=1S/C23H22N4O4/c1-3-14-8-9-23-17(10-14)22(13-26,20(27)31-23)21(11-24,12-25)18(30-23)15-4-6-16(7-5-15)19(28)29-2/h4-7,14,17-18,27H,3,8-10H2,1-2H3. The van der Waals surface area contributed by atoms with Crippen molar-refractivity contribution in [3.8, 4) is 18.2 Å². The molecule has 1 N–H and O–H groups in total. The smallest absolute Gasteiger partial charge is 0.337 e. The molecule has 1 aromatic carbocycles. The molecule has 1 aliphatic carbocycles. The zero-order valence-corrected chi connectivity index (χ0v) is 17.3. The summed E-state index contributed by atoms with van der Waals surface area (Å²) in [6, 6.07) is 12.5. The predicted octanol–water partition coefficient (Wildman–Crippen LogP) is 3.62. The number of ether oxygens (including phenoxy) is 3. The van der Waals surface area contributed by atoms with Crippen molar-refractivity contribution in [1.82, 2.24) is 0 Å². The summed E-state index contributed by atoms with van der Waals surface area (Å²) in [5, 5.41) is 39.5. The van der Waals surface area contributed by atoms with Crippen LogP contribution in [0.2, 0.25) is 0 Å². The number of rotatable bonds is 3. The van der Waals surface area contributed by atoms with Crippen molar-refractivity contribution in [1.29, 1.82) is 21.2 Å². The number of methoxy groups -OCH3 is 1. The third kappa shape index (κ3) is 2.48. The van der Waals surface area contributed by atoms with Crippen LogP contribution in [0.3, 0.4) is 0 Å². The lowest BCUT2D eigenvalue weighted by Crippen LogP contribution is -2.61. The number of carbonyl (C=O) groups is 1. The van der Waals surface area contributed by atoms with Gasteiger partial charge in [-0.1, -0.05) is 25.5 Å². The van der Waals surface area contributed by atoms with Gasteiger partial charge in [-0.05, 0) is 36.5 Å². The van der Waals surface area contributed by atoms with Crippen LogP contribution in [-0.2, 0) is 14.2 Å². The largest absolute Gasteiger partial charge is 0.465 e. The van der Waals surface area contributed by atoms with Gasteiger partial charge in [0.15, 0.2) is 5.41 Å². The van der Waals surface area contributed by atoms with Crippen LogP contribution < -0.4 is 0 Å². The van der Waals surface area contributed by atoms with Gasteiger partial charge in [0.05, 0.1) is 36.8 Å². The van der Waals surface area contributed by atoms with E-state index in [1.807, 2.05) is 0 Å². The molecule has 3 aliphatic rings. The third-order valence-electron chi connectivity index (χ3n) is 7.23. The maximum atomic E-state index is 11.8. The normalized spacial score (nSPS) is 34.9. The number of nitrogens with zero attached hydrogens (tertiary/aromatic N) is 3. The fourth-order valence-corrected chi connectivity index (χ4v) is 5.50. The molecule has 2 bridgehead atoms. The summed E-state index contributed by atoms with van der Waals surface area (Å²) in [5.41, 5.74) is -2.95. The summed E-state index contributed by atoms with van der Waals surface area (Å²) in [5.74, 6) is -2.39. The average Bonchev–Trinajstić information content (AvgIpc) is 3.01. The van der Waals surface area contributed by atoms with E-state index in [-0.39, 0.29) is 5.90 Å². The first-order valence-corrected chi connectivity index (χ1v) is 10.3. The quantitative estimate of drug-likeness (QED) is 0.739. The highest BCUT2D eigenvalue weighted by Gasteiger charge is 2.80. The van der Waals surface area contributed by atoms with Crippen molar-refractivity contribution in [2.45, 2.75) is 44.5 Å². The second kappa shape index (κ2) is 7.08. The van der Waals surface area contributed by atoms with Crippen molar-refractivity contribution >= 4 is 11.9 Å². The molecule has 3 fully saturated rings. The van der Waals surface area contributed by atoms with Gasteiger partial charge in [-0.15, -0.1) is 0 Å². The first-order chi connectivity index (χ1) is 14.9. The van der Waals surface area contributed by atoms with Gasteiger partial charge < -0.3 is 14.2 Å². The molecule has 2 heterocycles. The molecule has 2 aliphatic heterocycles. The molecule has 1 aromatic rings. The molecular weight excluding hydrogens is 396 g/mol. The maximum absolute atomic E-state index is 11.8. The van der Waals surface area contributed by atoms with Crippen molar-refractivity contribution in [2.24, 2.45) is 22.7 Å². The van der Waals surface area contributed by atoms with Gasteiger partial charge in [0.25, 0.3) is 0 Å². The second-order valence-corrected chi connectivity index (χ2v) is 8.41. The van der Waals surface area contributed by atoms with E-state index in [2.05, 4.69) is 25.1 Å². The SMILES string of the molecule is CCC1CCC23OC(=N)C(C#N)(C2C1)C(C#N)(C#N)C(c1ccc(C(=O)OC)cc1)O3. The zero-order chi connectivity index (χ0) is 22.4. The van der Waals surface area contributed by atoms with Crippen LogP contribution in [0.15, 0.2) is 24.3 Å². The minimum absolute atomic E-state index is 0.301. The van der Waals surface area contributed by atoms with Gasteiger partial charge in [0, 0.05) is 6.42 Å². The fraction of sp³-hybridized carbons (Fsp3) is 0.522. The Bertz CT molecular complexity index is 1050. The number of hydrogen-bond acceptors (Lipinski definition) is 8. The van der Waals surface area contributed by atoms with E-state index in [1.54, 1.807) is 12.1 Å². The van der Waals surface area contributed by atoms with Crippen molar-refractivity contribution in [3.63, 3.8) is 0 Å². The first-order valence-electron chi connectivity index (χ1n) is 10.3. The van der Waals surface area contributed by atoms with Crippen LogP contribution >= 0.6 is 0 Å². The van der Waals surface area contributed by atoms with E-state index in [0.29, 0.717) is 29.9 Å². The Morgan fingerprint density at radius 1 is 1.23 bits per heavy atom. The molecular formula is C23H22N4O4. The Kier molecular flexibility index (Phi) is 4.76. The molecule has 0 radical (unpaired) electrons. The van der Waals surface area contributed by atoms with Crippen LogP contribution in [0.4, 0.5) is 0 Å². The van der Waals surface area contributed by atoms with Crippen LogP contribution in [0.1, 0.15) is 54.6 Å². The molecule has 31 heavy (non-hydrogen) atoms. The topological polar surface area (TPSA) is 140 Å². The van der Waals surface area contributed by atoms with E-state index < -0.39 is 34.6 Å². The van der Waals surface area contributed by atoms with Crippen molar-refractivity contribution in [3.05, 3.63) is 35.4 Å². The van der Waals surface area contributed by atoms with Gasteiger partial charge in [-0.3, -0.25) is 5.41 Å². The Balaban J connectivity index is 1.89. The highest BCUT2D eigenvalue weighted by molar-refractivity contribution is 5.90. The summed E-state index contributed by atoms with van der Waals surface area (Å²) in [6.07, 6.45) is 1.61. The van der Waals surface area contributed by atoms with Gasteiger partial charge in [0.1, 0.15) is 6.10 Å². The lowest BCUT2D eigenvalue weighted by Gasteiger charge is -2.52.